The van der Waals surface area contributed by atoms with Crippen LogP contribution in [0.25, 0.3) is 0 Å². The fraction of sp³-hybridized carbons (Fsp3) is 0.278. The van der Waals surface area contributed by atoms with Crippen molar-refractivity contribution >= 4 is 39.1 Å². The standard InChI is InChI=1S/C36H39ClFN3O5S/c1-3-5-23-39-36(43)33(24-27-13-7-6-8-14-27)40(25-28-15-9-10-16-31(28)38)35(42)26-41(32-17-11-12-18-34(32)46-4-2)47(44,45)30-21-19-29(37)20-22-30/h6-22,33H,3-5,23-26H2,1-2H3,(H,39,43)/t33-/m1/s1. The average Bonchev–Trinajstić information content (AvgIpc) is 3.07. The second-order valence-electron chi connectivity index (χ2n) is 10.8. The van der Waals surface area contributed by atoms with E-state index in [2.05, 4.69) is 5.32 Å². The molecule has 11 heteroatoms. The number of sulfonamides is 1. The van der Waals surface area contributed by atoms with Gasteiger partial charge in [0.05, 0.1) is 17.2 Å². The van der Waals surface area contributed by atoms with Crippen LogP contribution in [0, 0.1) is 5.82 Å². The predicted molar refractivity (Wildman–Crippen MR) is 182 cm³/mol. The molecule has 0 saturated carbocycles. The van der Waals surface area contributed by atoms with Gasteiger partial charge >= 0.3 is 0 Å². The van der Waals surface area contributed by atoms with Crippen molar-refractivity contribution in [2.24, 2.45) is 0 Å². The van der Waals surface area contributed by atoms with Crippen molar-refractivity contribution in [3.63, 3.8) is 0 Å². The van der Waals surface area contributed by atoms with Crippen LogP contribution in [-0.2, 0) is 32.6 Å². The van der Waals surface area contributed by atoms with Crippen LogP contribution in [0.5, 0.6) is 5.75 Å². The summed E-state index contributed by atoms with van der Waals surface area (Å²) in [5, 5.41) is 3.26. The molecule has 4 aromatic carbocycles. The smallest absolute Gasteiger partial charge is 0.264 e. The number of benzene rings is 4. The zero-order chi connectivity index (χ0) is 33.8. The molecule has 0 bridgehead atoms. The lowest BCUT2D eigenvalue weighted by molar-refractivity contribution is -0.140. The monoisotopic (exact) mass is 679 g/mol. The number of halogens is 2. The second-order valence-corrected chi connectivity index (χ2v) is 13.1. The maximum absolute atomic E-state index is 15.1. The van der Waals surface area contributed by atoms with Gasteiger partial charge in [-0.05, 0) is 61.4 Å². The molecule has 0 aliphatic heterocycles. The summed E-state index contributed by atoms with van der Waals surface area (Å²) in [4.78, 5) is 29.6. The van der Waals surface area contributed by atoms with Gasteiger partial charge in [-0.2, -0.15) is 0 Å². The number of unbranched alkanes of at least 4 members (excludes halogenated alkanes) is 1. The van der Waals surface area contributed by atoms with E-state index in [1.165, 1.54) is 47.4 Å². The van der Waals surface area contributed by atoms with Crippen molar-refractivity contribution in [3.05, 3.63) is 125 Å². The number of nitrogens with zero attached hydrogens (tertiary/aromatic N) is 2. The van der Waals surface area contributed by atoms with Crippen molar-refractivity contribution in [2.45, 2.75) is 50.6 Å². The molecule has 0 aliphatic rings. The summed E-state index contributed by atoms with van der Waals surface area (Å²) in [5.74, 6) is -1.43. The van der Waals surface area contributed by atoms with E-state index in [1.54, 1.807) is 37.3 Å². The number of hydrogen-bond acceptors (Lipinski definition) is 5. The Bertz CT molecular complexity index is 1740. The van der Waals surface area contributed by atoms with Crippen LogP contribution in [0.3, 0.4) is 0 Å². The number of rotatable bonds is 16. The van der Waals surface area contributed by atoms with Gasteiger partial charge in [0.2, 0.25) is 11.8 Å². The topological polar surface area (TPSA) is 96.0 Å². The number of para-hydroxylation sites is 2. The van der Waals surface area contributed by atoms with E-state index in [0.717, 1.165) is 22.7 Å². The van der Waals surface area contributed by atoms with E-state index in [-0.39, 0.29) is 41.5 Å². The highest BCUT2D eigenvalue weighted by Gasteiger charge is 2.35. The Balaban J connectivity index is 1.83. The molecule has 47 heavy (non-hydrogen) atoms. The van der Waals surface area contributed by atoms with Crippen molar-refractivity contribution < 1.29 is 27.1 Å². The number of amides is 2. The Morgan fingerprint density at radius 3 is 2.23 bits per heavy atom. The first-order valence-electron chi connectivity index (χ1n) is 15.5. The van der Waals surface area contributed by atoms with Crippen molar-refractivity contribution in [3.8, 4) is 5.75 Å². The van der Waals surface area contributed by atoms with E-state index >= 15 is 4.39 Å². The van der Waals surface area contributed by atoms with Gasteiger partial charge in [-0.1, -0.05) is 85.6 Å². The van der Waals surface area contributed by atoms with Crippen LogP contribution in [0.15, 0.2) is 108 Å². The van der Waals surface area contributed by atoms with Gasteiger partial charge in [0, 0.05) is 30.1 Å². The maximum Gasteiger partial charge on any atom is 0.264 e. The van der Waals surface area contributed by atoms with Crippen LogP contribution in [0.2, 0.25) is 5.02 Å². The highest BCUT2D eigenvalue weighted by molar-refractivity contribution is 7.92. The van der Waals surface area contributed by atoms with Crippen LogP contribution in [0.1, 0.15) is 37.8 Å². The third-order valence-corrected chi connectivity index (χ3v) is 9.54. The minimum absolute atomic E-state index is 0.0974. The Morgan fingerprint density at radius 2 is 1.55 bits per heavy atom. The minimum Gasteiger partial charge on any atom is -0.492 e. The third-order valence-electron chi connectivity index (χ3n) is 7.51. The zero-order valence-corrected chi connectivity index (χ0v) is 28.0. The summed E-state index contributed by atoms with van der Waals surface area (Å²) in [5.41, 5.74) is 1.10. The molecule has 0 fully saturated rings. The quantitative estimate of drug-likeness (QED) is 0.134. The molecule has 1 N–H and O–H groups in total. The maximum atomic E-state index is 15.1. The summed E-state index contributed by atoms with van der Waals surface area (Å²) >= 11 is 6.06. The molecule has 0 spiro atoms. The fourth-order valence-electron chi connectivity index (χ4n) is 5.06. The summed E-state index contributed by atoms with van der Waals surface area (Å²) in [6, 6.07) is 26.2. The number of ether oxygens (including phenoxy) is 1. The number of anilines is 1. The van der Waals surface area contributed by atoms with Gasteiger partial charge in [-0.3, -0.25) is 13.9 Å². The average molecular weight is 680 g/mol. The Hall–Kier alpha value is -4.41. The molecule has 2 amide bonds. The molecule has 248 valence electrons. The van der Waals surface area contributed by atoms with Crippen LogP contribution >= 0.6 is 11.6 Å². The van der Waals surface area contributed by atoms with Crippen molar-refractivity contribution in [1.29, 1.82) is 0 Å². The summed E-state index contributed by atoms with van der Waals surface area (Å²) in [6.07, 6.45) is 1.70. The van der Waals surface area contributed by atoms with Gasteiger partial charge in [-0.25, -0.2) is 12.8 Å². The summed E-state index contributed by atoms with van der Waals surface area (Å²) < 4.78 is 50.3. The largest absolute Gasteiger partial charge is 0.492 e. The predicted octanol–water partition coefficient (Wildman–Crippen LogP) is 6.63. The van der Waals surface area contributed by atoms with E-state index in [4.69, 9.17) is 16.3 Å². The molecule has 0 heterocycles. The molecule has 8 nitrogen and oxygen atoms in total. The van der Waals surface area contributed by atoms with Gasteiger partial charge in [-0.15, -0.1) is 0 Å². The van der Waals surface area contributed by atoms with Crippen LogP contribution < -0.4 is 14.4 Å². The fourth-order valence-corrected chi connectivity index (χ4v) is 6.61. The Morgan fingerprint density at radius 1 is 0.894 bits per heavy atom. The van der Waals surface area contributed by atoms with Gasteiger partial charge in [0.15, 0.2) is 0 Å². The first kappa shape index (κ1) is 35.4. The number of nitrogens with one attached hydrogen (secondary N) is 1. The van der Waals surface area contributed by atoms with E-state index in [1.807, 2.05) is 37.3 Å². The highest BCUT2D eigenvalue weighted by Crippen LogP contribution is 2.33. The first-order chi connectivity index (χ1) is 22.6. The lowest BCUT2D eigenvalue weighted by Gasteiger charge is -2.34. The Labute approximate surface area is 281 Å². The molecule has 0 radical (unpaired) electrons. The zero-order valence-electron chi connectivity index (χ0n) is 26.4. The van der Waals surface area contributed by atoms with E-state index in [0.29, 0.717) is 11.6 Å². The summed E-state index contributed by atoms with van der Waals surface area (Å²) in [6.45, 7) is 3.43. The lowest BCUT2D eigenvalue weighted by atomic mass is 10.0. The van der Waals surface area contributed by atoms with Crippen LogP contribution in [0.4, 0.5) is 10.1 Å². The van der Waals surface area contributed by atoms with Gasteiger partial charge < -0.3 is 15.0 Å². The van der Waals surface area contributed by atoms with Gasteiger partial charge in [0.1, 0.15) is 24.2 Å². The van der Waals surface area contributed by atoms with Crippen molar-refractivity contribution in [1.82, 2.24) is 10.2 Å². The molecule has 0 saturated heterocycles. The number of hydrogen-bond donors (Lipinski definition) is 1. The molecular formula is C36H39ClFN3O5S. The molecule has 1 atom stereocenters. The third kappa shape index (κ3) is 9.33. The molecule has 0 aliphatic carbocycles. The van der Waals surface area contributed by atoms with E-state index < -0.39 is 40.2 Å². The number of carbonyl (C=O) groups is 2. The van der Waals surface area contributed by atoms with Gasteiger partial charge in [0.25, 0.3) is 10.0 Å². The van der Waals surface area contributed by atoms with E-state index in [9.17, 15) is 18.0 Å². The molecule has 0 aromatic heterocycles. The first-order valence-corrected chi connectivity index (χ1v) is 17.3. The Kier molecular flexibility index (Phi) is 12.8. The number of carbonyl (C=O) groups excluding carboxylic acids is 2. The van der Waals surface area contributed by atoms with Crippen molar-refractivity contribution in [2.75, 3.05) is 24.0 Å². The molecule has 4 rings (SSSR count). The lowest BCUT2D eigenvalue weighted by Crippen LogP contribution is -2.53. The summed E-state index contributed by atoms with van der Waals surface area (Å²) in [7, 11) is -4.37. The molecule has 4 aromatic rings. The minimum atomic E-state index is -4.37. The molecular weight excluding hydrogens is 641 g/mol. The van der Waals surface area contributed by atoms with Crippen LogP contribution in [-0.4, -0.2) is 50.9 Å². The SMILES string of the molecule is CCCCNC(=O)[C@@H](Cc1ccccc1)N(Cc1ccccc1F)C(=O)CN(c1ccccc1OCC)S(=O)(=O)c1ccc(Cl)cc1. The molecule has 0 unspecified atom stereocenters. The normalized spacial score (nSPS) is 11.8. The highest BCUT2D eigenvalue weighted by atomic mass is 35.5. The second kappa shape index (κ2) is 16.9.